The van der Waals surface area contributed by atoms with Gasteiger partial charge in [0.05, 0.1) is 18.0 Å². The van der Waals surface area contributed by atoms with Gasteiger partial charge in [0.2, 0.25) is 0 Å². The third-order valence-electron chi connectivity index (χ3n) is 2.66. The van der Waals surface area contributed by atoms with E-state index in [1.165, 1.54) is 5.56 Å². The minimum atomic E-state index is -0.544. The molecule has 0 aliphatic rings. The zero-order valence-electron chi connectivity index (χ0n) is 9.76. The van der Waals surface area contributed by atoms with Crippen LogP contribution < -0.4 is 0 Å². The number of rotatable bonds is 3. The van der Waals surface area contributed by atoms with E-state index in [0.717, 1.165) is 10.2 Å². The van der Waals surface area contributed by atoms with Gasteiger partial charge in [0.15, 0.2) is 0 Å². The van der Waals surface area contributed by atoms with E-state index in [1.807, 2.05) is 32.0 Å². The molecule has 0 fully saturated rings. The van der Waals surface area contributed by atoms with Crippen LogP contribution in [0.4, 0.5) is 0 Å². The quantitative estimate of drug-likeness (QED) is 0.947. The Morgan fingerprint density at radius 1 is 1.47 bits per heavy atom. The van der Waals surface area contributed by atoms with Gasteiger partial charge in [-0.3, -0.25) is 0 Å². The van der Waals surface area contributed by atoms with Crippen LogP contribution in [0.2, 0.25) is 0 Å². The highest BCUT2D eigenvalue weighted by molar-refractivity contribution is 9.10. The van der Waals surface area contributed by atoms with Gasteiger partial charge in [-0.15, -0.1) is 5.10 Å². The Bertz CT molecular complexity index is 524. The zero-order valence-corrected chi connectivity index (χ0v) is 11.3. The monoisotopic (exact) mass is 295 g/mol. The molecule has 4 nitrogen and oxygen atoms in total. The van der Waals surface area contributed by atoms with Crippen LogP contribution in [0, 0.1) is 6.92 Å². The molecule has 0 aliphatic carbocycles. The molecule has 1 aromatic heterocycles. The van der Waals surface area contributed by atoms with Crippen LogP contribution in [0.25, 0.3) is 5.69 Å². The minimum absolute atomic E-state index is 0.544. The molecule has 1 unspecified atom stereocenters. The molecule has 90 valence electrons. The van der Waals surface area contributed by atoms with E-state index < -0.39 is 6.10 Å². The van der Waals surface area contributed by atoms with Gasteiger partial charge in [0.25, 0.3) is 0 Å². The standard InChI is InChI=1S/C12H14BrN3O/c1-3-12(17)11-7-16(15-14-11)9-5-4-8(2)10(13)6-9/h4-7,12,17H,3H2,1-2H3. The third kappa shape index (κ3) is 2.56. The Balaban J connectivity index is 2.33. The lowest BCUT2D eigenvalue weighted by Crippen LogP contribution is -1.95. The molecule has 1 heterocycles. The van der Waals surface area contributed by atoms with Gasteiger partial charge in [0.1, 0.15) is 5.69 Å². The number of benzene rings is 1. The van der Waals surface area contributed by atoms with E-state index in [4.69, 9.17) is 0 Å². The first-order valence-electron chi connectivity index (χ1n) is 5.48. The molecular formula is C12H14BrN3O. The largest absolute Gasteiger partial charge is 0.387 e. The van der Waals surface area contributed by atoms with Gasteiger partial charge in [-0.25, -0.2) is 4.68 Å². The average molecular weight is 296 g/mol. The maximum absolute atomic E-state index is 9.66. The number of hydrogen-bond acceptors (Lipinski definition) is 3. The maximum Gasteiger partial charge on any atom is 0.112 e. The molecule has 1 aromatic carbocycles. The molecule has 0 amide bonds. The summed E-state index contributed by atoms with van der Waals surface area (Å²) < 4.78 is 2.70. The third-order valence-corrected chi connectivity index (χ3v) is 3.51. The van der Waals surface area contributed by atoms with Crippen LogP contribution in [0.5, 0.6) is 0 Å². The Labute approximate surface area is 108 Å². The molecule has 17 heavy (non-hydrogen) atoms. The smallest absolute Gasteiger partial charge is 0.112 e. The molecule has 0 bridgehead atoms. The van der Waals surface area contributed by atoms with Crippen LogP contribution in [0.15, 0.2) is 28.9 Å². The van der Waals surface area contributed by atoms with E-state index in [1.54, 1.807) is 10.9 Å². The summed E-state index contributed by atoms with van der Waals surface area (Å²) in [7, 11) is 0. The molecule has 0 aliphatic heterocycles. The summed E-state index contributed by atoms with van der Waals surface area (Å²) in [6, 6.07) is 5.96. The predicted octanol–water partition coefficient (Wildman–Crippen LogP) is 2.78. The molecule has 0 radical (unpaired) electrons. The molecule has 2 rings (SSSR count). The van der Waals surface area contributed by atoms with Crippen molar-refractivity contribution in [2.75, 3.05) is 0 Å². The topological polar surface area (TPSA) is 50.9 Å². The number of aromatic nitrogens is 3. The summed E-state index contributed by atoms with van der Waals surface area (Å²) >= 11 is 3.48. The summed E-state index contributed by atoms with van der Waals surface area (Å²) in [5, 5.41) is 17.6. The van der Waals surface area contributed by atoms with Crippen molar-refractivity contribution in [3.63, 3.8) is 0 Å². The molecule has 0 saturated heterocycles. The highest BCUT2D eigenvalue weighted by atomic mass is 79.9. The lowest BCUT2D eigenvalue weighted by molar-refractivity contribution is 0.169. The molecule has 0 spiro atoms. The number of halogens is 1. The van der Waals surface area contributed by atoms with Crippen molar-refractivity contribution < 1.29 is 5.11 Å². The number of aryl methyl sites for hydroxylation is 1. The van der Waals surface area contributed by atoms with Gasteiger partial charge in [-0.05, 0) is 31.0 Å². The second kappa shape index (κ2) is 4.98. The first-order chi connectivity index (χ1) is 8.11. The van der Waals surface area contributed by atoms with E-state index in [9.17, 15) is 5.11 Å². The number of aliphatic hydroxyl groups excluding tert-OH is 1. The summed E-state index contributed by atoms with van der Waals surface area (Å²) in [4.78, 5) is 0. The van der Waals surface area contributed by atoms with E-state index in [0.29, 0.717) is 12.1 Å². The summed E-state index contributed by atoms with van der Waals surface area (Å²) in [5.74, 6) is 0. The van der Waals surface area contributed by atoms with E-state index >= 15 is 0 Å². The summed E-state index contributed by atoms with van der Waals surface area (Å²) in [5.41, 5.74) is 2.69. The number of aliphatic hydroxyl groups is 1. The van der Waals surface area contributed by atoms with Gasteiger partial charge in [0, 0.05) is 4.47 Å². The van der Waals surface area contributed by atoms with E-state index in [2.05, 4.69) is 26.2 Å². The predicted molar refractivity (Wildman–Crippen MR) is 69.0 cm³/mol. The highest BCUT2D eigenvalue weighted by Gasteiger charge is 2.10. The SMILES string of the molecule is CCC(O)c1cn(-c2ccc(C)c(Br)c2)nn1. The van der Waals surface area contributed by atoms with Gasteiger partial charge < -0.3 is 5.11 Å². The van der Waals surface area contributed by atoms with Gasteiger partial charge >= 0.3 is 0 Å². The normalized spacial score (nSPS) is 12.7. The fourth-order valence-electron chi connectivity index (χ4n) is 1.49. The van der Waals surface area contributed by atoms with E-state index in [-0.39, 0.29) is 0 Å². The van der Waals surface area contributed by atoms with Crippen molar-refractivity contribution in [1.29, 1.82) is 0 Å². The van der Waals surface area contributed by atoms with Crippen molar-refractivity contribution in [3.05, 3.63) is 40.1 Å². The van der Waals surface area contributed by atoms with Gasteiger partial charge in [-0.2, -0.15) is 0 Å². The summed E-state index contributed by atoms with van der Waals surface area (Å²) in [6.07, 6.45) is 1.85. The lowest BCUT2D eigenvalue weighted by atomic mass is 10.2. The van der Waals surface area contributed by atoms with Crippen molar-refractivity contribution in [2.45, 2.75) is 26.4 Å². The van der Waals surface area contributed by atoms with Gasteiger partial charge in [-0.1, -0.05) is 34.1 Å². The molecular weight excluding hydrogens is 282 g/mol. The Morgan fingerprint density at radius 2 is 2.24 bits per heavy atom. The Kier molecular flexibility index (Phi) is 3.59. The first-order valence-corrected chi connectivity index (χ1v) is 6.28. The zero-order chi connectivity index (χ0) is 12.4. The van der Waals surface area contributed by atoms with Crippen LogP contribution in [-0.2, 0) is 0 Å². The Morgan fingerprint density at radius 3 is 2.88 bits per heavy atom. The number of hydrogen-bond donors (Lipinski definition) is 1. The van der Waals surface area contributed by atoms with Crippen molar-refractivity contribution in [3.8, 4) is 5.69 Å². The van der Waals surface area contributed by atoms with Crippen molar-refractivity contribution >= 4 is 15.9 Å². The van der Waals surface area contributed by atoms with Crippen LogP contribution in [0.1, 0.15) is 30.7 Å². The lowest BCUT2D eigenvalue weighted by Gasteiger charge is -2.03. The van der Waals surface area contributed by atoms with Crippen LogP contribution in [0.3, 0.4) is 0 Å². The van der Waals surface area contributed by atoms with Crippen LogP contribution >= 0.6 is 15.9 Å². The molecule has 0 saturated carbocycles. The highest BCUT2D eigenvalue weighted by Crippen LogP contribution is 2.20. The second-order valence-electron chi connectivity index (χ2n) is 3.95. The fraction of sp³-hybridized carbons (Fsp3) is 0.333. The summed E-state index contributed by atoms with van der Waals surface area (Å²) in [6.45, 7) is 3.94. The molecule has 1 N–H and O–H groups in total. The first kappa shape index (κ1) is 12.3. The fourth-order valence-corrected chi connectivity index (χ4v) is 1.86. The van der Waals surface area contributed by atoms with Crippen molar-refractivity contribution in [1.82, 2.24) is 15.0 Å². The second-order valence-corrected chi connectivity index (χ2v) is 4.80. The molecule has 2 aromatic rings. The number of nitrogens with zero attached hydrogens (tertiary/aromatic N) is 3. The maximum atomic E-state index is 9.66. The van der Waals surface area contributed by atoms with Crippen LogP contribution in [-0.4, -0.2) is 20.1 Å². The average Bonchev–Trinajstić information content (AvgIpc) is 2.81. The molecule has 1 atom stereocenters. The Hall–Kier alpha value is -1.20. The molecule has 5 heteroatoms. The minimum Gasteiger partial charge on any atom is -0.387 e. The van der Waals surface area contributed by atoms with Crippen molar-refractivity contribution in [2.24, 2.45) is 0 Å².